The molecule has 0 atom stereocenters. The van der Waals surface area contributed by atoms with Crippen LogP contribution in [0, 0.1) is 0 Å². The first-order valence-corrected chi connectivity index (χ1v) is 8.17. The maximum atomic E-state index is 12.3. The molecule has 0 unspecified atom stereocenters. The van der Waals surface area contributed by atoms with E-state index in [9.17, 15) is 4.79 Å². The largest absolute Gasteiger partial charge is 0.347 e. The molecule has 6 heteroatoms. The fourth-order valence-electron chi connectivity index (χ4n) is 2.12. The van der Waals surface area contributed by atoms with Crippen molar-refractivity contribution in [1.82, 2.24) is 15.3 Å². The Kier molecular flexibility index (Phi) is 5.18. The van der Waals surface area contributed by atoms with Gasteiger partial charge in [-0.2, -0.15) is 0 Å². The highest BCUT2D eigenvalue weighted by atomic mass is 79.9. The molecule has 120 valence electrons. The van der Waals surface area contributed by atoms with Gasteiger partial charge in [-0.3, -0.25) is 4.79 Å². The van der Waals surface area contributed by atoms with Crippen molar-refractivity contribution in [1.29, 1.82) is 0 Å². The first kappa shape index (κ1) is 16.1. The minimum Gasteiger partial charge on any atom is -0.347 e. The summed E-state index contributed by atoms with van der Waals surface area (Å²) >= 11 is 3.47. The van der Waals surface area contributed by atoms with Gasteiger partial charge in [0.05, 0.1) is 5.69 Å². The van der Waals surface area contributed by atoms with Crippen molar-refractivity contribution in [3.05, 3.63) is 82.7 Å². The Morgan fingerprint density at radius 3 is 2.54 bits per heavy atom. The summed E-state index contributed by atoms with van der Waals surface area (Å²) in [5.41, 5.74) is 2.22. The zero-order chi connectivity index (χ0) is 16.8. The molecule has 0 bridgehead atoms. The smallest absolute Gasteiger partial charge is 0.270 e. The van der Waals surface area contributed by atoms with E-state index in [0.29, 0.717) is 18.1 Å². The number of anilines is 2. The van der Waals surface area contributed by atoms with Gasteiger partial charge >= 0.3 is 0 Å². The van der Waals surface area contributed by atoms with Crippen LogP contribution in [0.1, 0.15) is 16.1 Å². The summed E-state index contributed by atoms with van der Waals surface area (Å²) in [6.07, 6.45) is 1.37. The third kappa shape index (κ3) is 4.17. The number of rotatable bonds is 5. The van der Waals surface area contributed by atoms with E-state index in [4.69, 9.17) is 0 Å². The van der Waals surface area contributed by atoms with E-state index in [-0.39, 0.29) is 5.91 Å². The number of hydrogen-bond acceptors (Lipinski definition) is 4. The van der Waals surface area contributed by atoms with Gasteiger partial charge < -0.3 is 10.6 Å². The average Bonchev–Trinajstić information content (AvgIpc) is 2.63. The molecule has 0 aliphatic carbocycles. The lowest BCUT2D eigenvalue weighted by Gasteiger charge is -2.09. The molecule has 2 aromatic carbocycles. The Morgan fingerprint density at radius 2 is 1.75 bits per heavy atom. The second kappa shape index (κ2) is 7.70. The fraction of sp³-hybridized carbons (Fsp3) is 0.0556. The van der Waals surface area contributed by atoms with Crippen LogP contribution >= 0.6 is 15.9 Å². The molecular weight excluding hydrogens is 368 g/mol. The van der Waals surface area contributed by atoms with Crippen molar-refractivity contribution in [3.63, 3.8) is 0 Å². The Morgan fingerprint density at radius 1 is 1.00 bits per heavy atom. The van der Waals surface area contributed by atoms with Crippen LogP contribution in [0.25, 0.3) is 0 Å². The minimum atomic E-state index is -0.239. The molecule has 0 radical (unpaired) electrons. The monoisotopic (exact) mass is 382 g/mol. The second-order valence-corrected chi connectivity index (χ2v) is 5.92. The average molecular weight is 383 g/mol. The molecule has 24 heavy (non-hydrogen) atoms. The SMILES string of the molecule is O=C(NCc1ccccc1)c1cc(Nc2ccccc2Br)ncn1. The van der Waals surface area contributed by atoms with Crippen molar-refractivity contribution < 1.29 is 4.79 Å². The first-order valence-electron chi connectivity index (χ1n) is 7.38. The zero-order valence-corrected chi connectivity index (χ0v) is 14.3. The summed E-state index contributed by atoms with van der Waals surface area (Å²) in [6, 6.07) is 19.0. The number of amides is 1. The minimum absolute atomic E-state index is 0.239. The Balaban J connectivity index is 1.68. The summed E-state index contributed by atoms with van der Waals surface area (Å²) in [5.74, 6) is 0.318. The number of nitrogens with zero attached hydrogens (tertiary/aromatic N) is 2. The van der Waals surface area contributed by atoms with Crippen LogP contribution in [-0.4, -0.2) is 15.9 Å². The van der Waals surface area contributed by atoms with Crippen LogP contribution in [-0.2, 0) is 6.54 Å². The molecule has 0 saturated heterocycles. The van der Waals surface area contributed by atoms with Crippen LogP contribution < -0.4 is 10.6 Å². The molecule has 3 rings (SSSR count). The third-order valence-corrected chi connectivity index (χ3v) is 4.02. The molecule has 0 saturated carbocycles. The number of benzene rings is 2. The maximum Gasteiger partial charge on any atom is 0.270 e. The highest BCUT2D eigenvalue weighted by Gasteiger charge is 2.09. The molecule has 0 aliphatic rings. The molecule has 5 nitrogen and oxygen atoms in total. The summed E-state index contributed by atoms with van der Waals surface area (Å²) in [4.78, 5) is 20.4. The number of halogens is 1. The first-order chi connectivity index (χ1) is 11.7. The van der Waals surface area contributed by atoms with Crippen molar-refractivity contribution >= 4 is 33.3 Å². The van der Waals surface area contributed by atoms with Gasteiger partial charge in [0, 0.05) is 17.1 Å². The second-order valence-electron chi connectivity index (χ2n) is 5.06. The van der Waals surface area contributed by atoms with Crippen LogP contribution in [0.4, 0.5) is 11.5 Å². The van der Waals surface area contributed by atoms with Gasteiger partial charge in [0.25, 0.3) is 5.91 Å². The van der Waals surface area contributed by atoms with Crippen LogP contribution in [0.3, 0.4) is 0 Å². The van der Waals surface area contributed by atoms with Gasteiger partial charge in [-0.05, 0) is 33.6 Å². The number of nitrogens with one attached hydrogen (secondary N) is 2. The molecule has 2 N–H and O–H groups in total. The topological polar surface area (TPSA) is 66.9 Å². The van der Waals surface area contributed by atoms with E-state index in [1.54, 1.807) is 6.07 Å². The number of aromatic nitrogens is 2. The van der Waals surface area contributed by atoms with Crippen molar-refractivity contribution in [2.75, 3.05) is 5.32 Å². The molecule has 0 fully saturated rings. The van der Waals surface area contributed by atoms with E-state index >= 15 is 0 Å². The lowest BCUT2D eigenvalue weighted by Crippen LogP contribution is -2.24. The molecule has 3 aromatic rings. The molecular formula is C18H15BrN4O. The predicted octanol–water partition coefficient (Wildman–Crippen LogP) is 3.91. The highest BCUT2D eigenvalue weighted by Crippen LogP contribution is 2.24. The van der Waals surface area contributed by atoms with Crippen LogP contribution in [0.5, 0.6) is 0 Å². The van der Waals surface area contributed by atoms with Crippen molar-refractivity contribution in [2.45, 2.75) is 6.54 Å². The van der Waals surface area contributed by atoms with E-state index in [2.05, 4.69) is 36.5 Å². The van der Waals surface area contributed by atoms with Gasteiger partial charge in [-0.25, -0.2) is 9.97 Å². The number of para-hydroxylation sites is 1. The molecule has 1 aromatic heterocycles. The van der Waals surface area contributed by atoms with Gasteiger partial charge in [0.1, 0.15) is 17.8 Å². The Bertz CT molecular complexity index is 839. The zero-order valence-electron chi connectivity index (χ0n) is 12.7. The van der Waals surface area contributed by atoms with Crippen molar-refractivity contribution in [3.8, 4) is 0 Å². The Labute approximate surface area is 148 Å². The van der Waals surface area contributed by atoms with E-state index in [0.717, 1.165) is 15.7 Å². The van der Waals surface area contributed by atoms with Crippen molar-refractivity contribution in [2.24, 2.45) is 0 Å². The summed E-state index contributed by atoms with van der Waals surface area (Å²) in [7, 11) is 0. The summed E-state index contributed by atoms with van der Waals surface area (Å²) in [6.45, 7) is 0.455. The van der Waals surface area contributed by atoms with Gasteiger partial charge in [-0.15, -0.1) is 0 Å². The molecule has 1 amide bonds. The molecule has 1 heterocycles. The fourth-order valence-corrected chi connectivity index (χ4v) is 2.50. The number of hydrogen-bond donors (Lipinski definition) is 2. The van der Waals surface area contributed by atoms with E-state index < -0.39 is 0 Å². The number of carbonyl (C=O) groups is 1. The summed E-state index contributed by atoms with van der Waals surface area (Å²) in [5, 5.41) is 6.01. The molecule has 0 spiro atoms. The lowest BCUT2D eigenvalue weighted by atomic mass is 10.2. The quantitative estimate of drug-likeness (QED) is 0.701. The molecule has 0 aliphatic heterocycles. The normalized spacial score (nSPS) is 10.2. The van der Waals surface area contributed by atoms with Crippen LogP contribution in [0.15, 0.2) is 71.5 Å². The summed E-state index contributed by atoms with van der Waals surface area (Å²) < 4.78 is 0.915. The third-order valence-electron chi connectivity index (χ3n) is 3.33. The van der Waals surface area contributed by atoms with Crippen LogP contribution in [0.2, 0.25) is 0 Å². The maximum absolute atomic E-state index is 12.3. The number of carbonyl (C=O) groups excluding carboxylic acids is 1. The highest BCUT2D eigenvalue weighted by molar-refractivity contribution is 9.10. The van der Waals surface area contributed by atoms with Gasteiger partial charge in [0.2, 0.25) is 0 Å². The standard InChI is InChI=1S/C18H15BrN4O/c19-14-8-4-5-9-15(14)23-17-10-16(21-12-22-17)18(24)20-11-13-6-2-1-3-7-13/h1-10,12H,11H2,(H,20,24)(H,21,22,23). The van der Waals surface area contributed by atoms with Gasteiger partial charge in [0.15, 0.2) is 0 Å². The predicted molar refractivity (Wildman–Crippen MR) is 97.1 cm³/mol. The lowest BCUT2D eigenvalue weighted by molar-refractivity contribution is 0.0946. The van der Waals surface area contributed by atoms with E-state index in [1.807, 2.05) is 54.6 Å². The van der Waals surface area contributed by atoms with Gasteiger partial charge in [-0.1, -0.05) is 42.5 Å². The van der Waals surface area contributed by atoms with E-state index in [1.165, 1.54) is 6.33 Å². The Hall–Kier alpha value is -2.73.